The van der Waals surface area contributed by atoms with Gasteiger partial charge in [0.2, 0.25) is 0 Å². The summed E-state index contributed by atoms with van der Waals surface area (Å²) in [5, 5.41) is 6.06. The minimum atomic E-state index is 0.567. The lowest BCUT2D eigenvalue weighted by atomic mass is 10.3. The van der Waals surface area contributed by atoms with Crippen molar-refractivity contribution in [2.24, 2.45) is 5.16 Å². The van der Waals surface area contributed by atoms with Crippen LogP contribution in [0.3, 0.4) is 0 Å². The predicted molar refractivity (Wildman–Crippen MR) is 48.6 cm³/mol. The molecule has 0 saturated heterocycles. The van der Waals surface area contributed by atoms with Crippen LogP contribution in [-0.4, -0.2) is 11.0 Å². The minimum Gasteiger partial charge on any atom is -0.391 e. The zero-order valence-electron chi connectivity index (χ0n) is 6.97. The lowest BCUT2D eigenvalue weighted by Crippen LogP contribution is -2.30. The molecule has 0 amide bonds. The summed E-state index contributed by atoms with van der Waals surface area (Å²) in [7, 11) is 0. The van der Waals surface area contributed by atoms with Crippen LogP contribution < -0.4 is 10.6 Å². The molecule has 3 nitrogen and oxygen atoms in total. The van der Waals surface area contributed by atoms with Gasteiger partial charge in [-0.2, -0.15) is 0 Å². The largest absolute Gasteiger partial charge is 0.391 e. The SMILES string of the molecule is C1=c2c(ccn3cccc23)=NOC1. The lowest BCUT2D eigenvalue weighted by molar-refractivity contribution is 0.166. The second kappa shape index (κ2) is 2.36. The van der Waals surface area contributed by atoms with Gasteiger partial charge in [-0.25, -0.2) is 0 Å². The van der Waals surface area contributed by atoms with E-state index in [4.69, 9.17) is 4.84 Å². The molecule has 13 heavy (non-hydrogen) atoms. The Bertz CT molecular complexity index is 568. The fourth-order valence-corrected chi connectivity index (χ4v) is 1.64. The van der Waals surface area contributed by atoms with E-state index in [1.54, 1.807) is 0 Å². The Kier molecular flexibility index (Phi) is 1.22. The maximum absolute atomic E-state index is 4.98. The van der Waals surface area contributed by atoms with Crippen LogP contribution >= 0.6 is 0 Å². The summed E-state index contributed by atoms with van der Waals surface area (Å²) in [6.07, 6.45) is 6.07. The quantitative estimate of drug-likeness (QED) is 0.560. The van der Waals surface area contributed by atoms with Crippen LogP contribution in [0.2, 0.25) is 0 Å². The van der Waals surface area contributed by atoms with E-state index in [0.29, 0.717) is 6.61 Å². The van der Waals surface area contributed by atoms with E-state index in [1.807, 2.05) is 24.5 Å². The van der Waals surface area contributed by atoms with Gasteiger partial charge in [-0.1, -0.05) is 5.16 Å². The van der Waals surface area contributed by atoms with E-state index < -0.39 is 0 Å². The average molecular weight is 172 g/mol. The zero-order valence-corrected chi connectivity index (χ0v) is 6.97. The highest BCUT2D eigenvalue weighted by atomic mass is 16.6. The molecule has 0 radical (unpaired) electrons. The summed E-state index contributed by atoms with van der Waals surface area (Å²) in [6.45, 7) is 0.567. The third kappa shape index (κ3) is 0.869. The standard InChI is InChI=1S/C10H8N2O/c1-2-10-8-4-7-13-11-9(8)3-6-12(10)5-1/h1-6H,7H2. The van der Waals surface area contributed by atoms with Crippen molar-refractivity contribution in [3.05, 3.63) is 41.2 Å². The number of fused-ring (bicyclic) bond motifs is 3. The first-order chi connectivity index (χ1) is 6.45. The molecule has 1 aliphatic heterocycles. The number of hydrogen-bond donors (Lipinski definition) is 0. The molecule has 1 aliphatic rings. The fourth-order valence-electron chi connectivity index (χ4n) is 1.64. The number of nitrogens with zero attached hydrogens (tertiary/aromatic N) is 2. The Hall–Kier alpha value is -1.77. The van der Waals surface area contributed by atoms with Gasteiger partial charge in [0.25, 0.3) is 0 Å². The van der Waals surface area contributed by atoms with Crippen LogP contribution in [0.25, 0.3) is 11.6 Å². The molecule has 0 aliphatic carbocycles. The van der Waals surface area contributed by atoms with Gasteiger partial charge in [0, 0.05) is 17.6 Å². The first kappa shape index (κ1) is 6.71. The molecular weight excluding hydrogens is 164 g/mol. The van der Waals surface area contributed by atoms with Gasteiger partial charge in [-0.05, 0) is 24.3 Å². The summed E-state index contributed by atoms with van der Waals surface area (Å²) in [6, 6.07) is 6.06. The van der Waals surface area contributed by atoms with E-state index in [1.165, 1.54) is 10.7 Å². The third-order valence-electron chi connectivity index (χ3n) is 2.25. The molecule has 3 heterocycles. The summed E-state index contributed by atoms with van der Waals surface area (Å²) in [5.74, 6) is 0. The molecule has 3 heteroatoms. The molecule has 2 aromatic rings. The van der Waals surface area contributed by atoms with Gasteiger partial charge in [-0.15, -0.1) is 0 Å². The van der Waals surface area contributed by atoms with Crippen molar-refractivity contribution < 1.29 is 4.84 Å². The summed E-state index contributed by atoms with van der Waals surface area (Å²) < 4.78 is 2.08. The average Bonchev–Trinajstić information content (AvgIpc) is 2.65. The Balaban J connectivity index is 2.64. The van der Waals surface area contributed by atoms with E-state index in [2.05, 4.69) is 21.7 Å². The van der Waals surface area contributed by atoms with Crippen molar-refractivity contribution in [3.63, 3.8) is 0 Å². The molecule has 0 saturated carbocycles. The first-order valence-electron chi connectivity index (χ1n) is 4.21. The fraction of sp³-hybridized carbons (Fsp3) is 0.100. The second-order valence-corrected chi connectivity index (χ2v) is 3.01. The molecule has 0 unspecified atom stereocenters. The molecular formula is C10H8N2O. The Labute approximate surface area is 74.5 Å². The van der Waals surface area contributed by atoms with Gasteiger partial charge in [0.05, 0.1) is 5.52 Å². The second-order valence-electron chi connectivity index (χ2n) is 3.01. The van der Waals surface area contributed by atoms with Crippen molar-refractivity contribution >= 4 is 11.6 Å². The number of pyridine rings is 1. The summed E-state index contributed by atoms with van der Waals surface area (Å²) >= 11 is 0. The number of rotatable bonds is 0. The van der Waals surface area contributed by atoms with Crippen molar-refractivity contribution in [1.82, 2.24) is 4.40 Å². The number of hydrogen-bond acceptors (Lipinski definition) is 2. The van der Waals surface area contributed by atoms with Gasteiger partial charge in [-0.3, -0.25) is 0 Å². The van der Waals surface area contributed by atoms with Crippen molar-refractivity contribution in [2.45, 2.75) is 0 Å². The van der Waals surface area contributed by atoms with Crippen LogP contribution in [-0.2, 0) is 4.84 Å². The van der Waals surface area contributed by atoms with E-state index in [-0.39, 0.29) is 0 Å². The van der Waals surface area contributed by atoms with E-state index in [9.17, 15) is 0 Å². The molecule has 0 bridgehead atoms. The molecule has 0 N–H and O–H groups in total. The zero-order chi connectivity index (χ0) is 8.67. The Morgan fingerprint density at radius 2 is 2.31 bits per heavy atom. The molecule has 2 aromatic heterocycles. The molecule has 0 fully saturated rings. The van der Waals surface area contributed by atoms with Crippen molar-refractivity contribution in [3.8, 4) is 0 Å². The minimum absolute atomic E-state index is 0.567. The van der Waals surface area contributed by atoms with Crippen LogP contribution in [0.1, 0.15) is 0 Å². The number of aromatic nitrogens is 1. The van der Waals surface area contributed by atoms with E-state index >= 15 is 0 Å². The highest BCUT2D eigenvalue weighted by molar-refractivity contribution is 5.52. The molecule has 3 rings (SSSR count). The first-order valence-corrected chi connectivity index (χ1v) is 4.21. The Morgan fingerprint density at radius 1 is 1.31 bits per heavy atom. The topological polar surface area (TPSA) is 26.0 Å². The molecule has 0 spiro atoms. The Morgan fingerprint density at radius 3 is 3.31 bits per heavy atom. The molecule has 64 valence electrons. The van der Waals surface area contributed by atoms with Gasteiger partial charge in [0.1, 0.15) is 12.0 Å². The maximum Gasteiger partial charge on any atom is 0.136 e. The van der Waals surface area contributed by atoms with Crippen molar-refractivity contribution in [2.75, 3.05) is 6.61 Å². The molecule has 0 atom stereocenters. The van der Waals surface area contributed by atoms with Gasteiger partial charge < -0.3 is 9.24 Å². The highest BCUT2D eigenvalue weighted by Crippen LogP contribution is 1.96. The van der Waals surface area contributed by atoms with E-state index in [0.717, 1.165) is 5.36 Å². The highest BCUT2D eigenvalue weighted by Gasteiger charge is 1.99. The normalized spacial score (nSPS) is 14.2. The predicted octanol–water partition coefficient (Wildman–Crippen LogP) is 0.285. The van der Waals surface area contributed by atoms with Gasteiger partial charge in [0.15, 0.2) is 0 Å². The lowest BCUT2D eigenvalue weighted by Gasteiger charge is -2.02. The third-order valence-corrected chi connectivity index (χ3v) is 2.25. The van der Waals surface area contributed by atoms with Crippen LogP contribution in [0, 0.1) is 0 Å². The van der Waals surface area contributed by atoms with Crippen LogP contribution in [0.5, 0.6) is 0 Å². The van der Waals surface area contributed by atoms with Crippen molar-refractivity contribution in [1.29, 1.82) is 0 Å². The smallest absolute Gasteiger partial charge is 0.136 e. The summed E-state index contributed by atoms with van der Waals surface area (Å²) in [5.41, 5.74) is 1.18. The monoisotopic (exact) mass is 172 g/mol. The van der Waals surface area contributed by atoms with Gasteiger partial charge >= 0.3 is 0 Å². The van der Waals surface area contributed by atoms with Crippen LogP contribution in [0.4, 0.5) is 0 Å². The maximum atomic E-state index is 4.98. The summed E-state index contributed by atoms with van der Waals surface area (Å²) in [4.78, 5) is 4.98. The molecule has 0 aromatic carbocycles. The van der Waals surface area contributed by atoms with Crippen LogP contribution in [0.15, 0.2) is 35.7 Å².